The Hall–Kier alpha value is -1.26. The number of ether oxygens (including phenoxy) is 1. The second-order valence-corrected chi connectivity index (χ2v) is 5.29. The number of hydrogen-bond donors (Lipinski definition) is 3. The molecule has 1 unspecified atom stereocenters. The number of phenols is 1. The quantitative estimate of drug-likeness (QED) is 0.741. The summed E-state index contributed by atoms with van der Waals surface area (Å²) >= 11 is 0. The first-order valence-corrected chi connectivity index (χ1v) is 5.82. The average Bonchev–Trinajstić information content (AvgIpc) is 2.69. The van der Waals surface area contributed by atoms with E-state index in [2.05, 4.69) is 5.32 Å². The van der Waals surface area contributed by atoms with E-state index < -0.39 is 0 Å². The van der Waals surface area contributed by atoms with Gasteiger partial charge in [-0.05, 0) is 12.1 Å². The molecule has 1 aliphatic rings. The van der Waals surface area contributed by atoms with Crippen LogP contribution in [-0.4, -0.2) is 30.0 Å². The van der Waals surface area contributed by atoms with E-state index in [4.69, 9.17) is 4.74 Å². The van der Waals surface area contributed by atoms with E-state index in [1.165, 1.54) is 0 Å². The number of aliphatic hydroxyl groups excluding tert-OH is 1. The summed E-state index contributed by atoms with van der Waals surface area (Å²) in [6, 6.07) is 5.31. The number of phenolic OH excluding ortho intramolecular Hbond substituents is 1. The Balaban J connectivity index is 2.03. The van der Waals surface area contributed by atoms with Crippen molar-refractivity contribution in [2.75, 3.05) is 19.8 Å². The van der Waals surface area contributed by atoms with Crippen molar-refractivity contribution in [1.82, 2.24) is 5.32 Å². The molecular formula is C13H19NO3. The van der Waals surface area contributed by atoms with Gasteiger partial charge in [-0.3, -0.25) is 0 Å². The SMILES string of the molecule is CC(C)(CO)CNC1COc2cc(O)ccc21. The lowest BCUT2D eigenvalue weighted by molar-refractivity contribution is 0.150. The molecule has 2 rings (SSSR count). The summed E-state index contributed by atoms with van der Waals surface area (Å²) in [5.41, 5.74) is 0.927. The van der Waals surface area contributed by atoms with Crippen LogP contribution in [0, 0.1) is 5.41 Å². The minimum absolute atomic E-state index is 0.136. The number of rotatable bonds is 4. The number of hydrogen-bond acceptors (Lipinski definition) is 4. The second kappa shape index (κ2) is 4.55. The van der Waals surface area contributed by atoms with Crippen molar-refractivity contribution in [2.45, 2.75) is 19.9 Å². The molecule has 1 aromatic carbocycles. The van der Waals surface area contributed by atoms with Crippen LogP contribution in [0.25, 0.3) is 0 Å². The van der Waals surface area contributed by atoms with Crippen LogP contribution in [0.5, 0.6) is 11.5 Å². The Morgan fingerprint density at radius 1 is 1.47 bits per heavy atom. The normalized spacial score (nSPS) is 18.9. The van der Waals surface area contributed by atoms with Gasteiger partial charge in [0.1, 0.15) is 18.1 Å². The molecule has 0 radical (unpaired) electrons. The first kappa shape index (κ1) is 12.2. The molecule has 1 aliphatic heterocycles. The molecule has 1 aromatic rings. The third-order valence-corrected chi connectivity index (χ3v) is 3.03. The van der Waals surface area contributed by atoms with E-state index in [9.17, 15) is 10.2 Å². The smallest absolute Gasteiger partial charge is 0.127 e. The van der Waals surface area contributed by atoms with Crippen LogP contribution in [0.2, 0.25) is 0 Å². The summed E-state index contributed by atoms with van der Waals surface area (Å²) in [4.78, 5) is 0. The first-order valence-electron chi connectivity index (χ1n) is 5.82. The van der Waals surface area contributed by atoms with Gasteiger partial charge < -0.3 is 20.3 Å². The summed E-state index contributed by atoms with van der Waals surface area (Å²) in [5.74, 6) is 0.962. The molecule has 1 heterocycles. The highest BCUT2D eigenvalue weighted by molar-refractivity contribution is 5.44. The molecule has 0 aromatic heterocycles. The van der Waals surface area contributed by atoms with Gasteiger partial charge in [0.05, 0.1) is 6.04 Å². The van der Waals surface area contributed by atoms with E-state index in [0.29, 0.717) is 6.61 Å². The molecule has 4 heteroatoms. The van der Waals surface area contributed by atoms with Gasteiger partial charge in [0, 0.05) is 30.2 Å². The minimum Gasteiger partial charge on any atom is -0.508 e. The molecule has 0 spiro atoms. The van der Waals surface area contributed by atoms with Gasteiger partial charge in [-0.15, -0.1) is 0 Å². The summed E-state index contributed by atoms with van der Waals surface area (Å²) in [5, 5.41) is 21.9. The highest BCUT2D eigenvalue weighted by Gasteiger charge is 2.26. The van der Waals surface area contributed by atoms with Crippen LogP contribution in [0.4, 0.5) is 0 Å². The average molecular weight is 237 g/mol. The summed E-state index contributed by atoms with van der Waals surface area (Å²) in [6.07, 6.45) is 0. The van der Waals surface area contributed by atoms with Crippen LogP contribution in [0.15, 0.2) is 18.2 Å². The number of aliphatic hydroxyl groups is 1. The predicted molar refractivity (Wildman–Crippen MR) is 65.2 cm³/mol. The molecule has 0 saturated heterocycles. The van der Waals surface area contributed by atoms with Gasteiger partial charge in [0.2, 0.25) is 0 Å². The van der Waals surface area contributed by atoms with Crippen LogP contribution < -0.4 is 10.1 Å². The lowest BCUT2D eigenvalue weighted by Crippen LogP contribution is -2.35. The van der Waals surface area contributed by atoms with Gasteiger partial charge in [0.15, 0.2) is 0 Å². The van der Waals surface area contributed by atoms with E-state index in [1.54, 1.807) is 12.1 Å². The highest BCUT2D eigenvalue weighted by atomic mass is 16.5. The molecule has 1 atom stereocenters. The maximum absolute atomic E-state index is 9.35. The standard InChI is InChI=1S/C13H19NO3/c1-13(2,8-15)7-14-11-6-17-12-5-9(16)3-4-10(11)12/h3-5,11,14-16H,6-8H2,1-2H3. The number of aromatic hydroxyl groups is 1. The zero-order valence-electron chi connectivity index (χ0n) is 10.2. The predicted octanol–water partition coefficient (Wildman–Crippen LogP) is 1.43. The Morgan fingerprint density at radius 3 is 2.94 bits per heavy atom. The third kappa shape index (κ3) is 2.70. The molecule has 0 saturated carbocycles. The largest absolute Gasteiger partial charge is 0.508 e. The number of fused-ring (bicyclic) bond motifs is 1. The van der Waals surface area contributed by atoms with E-state index in [1.807, 2.05) is 19.9 Å². The summed E-state index contributed by atoms with van der Waals surface area (Å²) < 4.78 is 5.51. The molecule has 0 fully saturated rings. The topological polar surface area (TPSA) is 61.7 Å². The Morgan fingerprint density at radius 2 is 2.24 bits per heavy atom. The van der Waals surface area contributed by atoms with Crippen molar-refractivity contribution in [3.63, 3.8) is 0 Å². The number of benzene rings is 1. The fraction of sp³-hybridized carbons (Fsp3) is 0.538. The van der Waals surface area contributed by atoms with Crippen LogP contribution >= 0.6 is 0 Å². The molecule has 17 heavy (non-hydrogen) atoms. The number of nitrogens with one attached hydrogen (secondary N) is 1. The Bertz CT molecular complexity index is 404. The molecule has 3 N–H and O–H groups in total. The van der Waals surface area contributed by atoms with Crippen molar-refractivity contribution in [2.24, 2.45) is 5.41 Å². The minimum atomic E-state index is -0.139. The monoisotopic (exact) mass is 237 g/mol. The Kier molecular flexibility index (Phi) is 3.26. The molecule has 0 bridgehead atoms. The van der Waals surface area contributed by atoms with E-state index in [-0.39, 0.29) is 23.8 Å². The molecule has 0 aliphatic carbocycles. The van der Waals surface area contributed by atoms with E-state index in [0.717, 1.165) is 17.9 Å². The van der Waals surface area contributed by atoms with Crippen LogP contribution in [-0.2, 0) is 0 Å². The molecular weight excluding hydrogens is 218 g/mol. The first-order chi connectivity index (χ1) is 8.02. The fourth-order valence-electron chi connectivity index (χ4n) is 1.82. The van der Waals surface area contributed by atoms with Crippen molar-refractivity contribution in [1.29, 1.82) is 0 Å². The van der Waals surface area contributed by atoms with Crippen molar-refractivity contribution in [3.8, 4) is 11.5 Å². The van der Waals surface area contributed by atoms with Crippen LogP contribution in [0.1, 0.15) is 25.5 Å². The van der Waals surface area contributed by atoms with Gasteiger partial charge in [-0.2, -0.15) is 0 Å². The summed E-state index contributed by atoms with van der Waals surface area (Å²) in [7, 11) is 0. The third-order valence-electron chi connectivity index (χ3n) is 3.03. The van der Waals surface area contributed by atoms with Crippen LogP contribution in [0.3, 0.4) is 0 Å². The zero-order chi connectivity index (χ0) is 12.5. The Labute approximate surface area is 101 Å². The van der Waals surface area contributed by atoms with Gasteiger partial charge in [0.25, 0.3) is 0 Å². The molecule has 94 valence electrons. The fourth-order valence-corrected chi connectivity index (χ4v) is 1.82. The zero-order valence-corrected chi connectivity index (χ0v) is 10.2. The molecule has 0 amide bonds. The second-order valence-electron chi connectivity index (χ2n) is 5.29. The maximum Gasteiger partial charge on any atom is 0.127 e. The van der Waals surface area contributed by atoms with Crippen molar-refractivity contribution in [3.05, 3.63) is 23.8 Å². The van der Waals surface area contributed by atoms with Gasteiger partial charge >= 0.3 is 0 Å². The molecule has 4 nitrogen and oxygen atoms in total. The van der Waals surface area contributed by atoms with Gasteiger partial charge in [-0.1, -0.05) is 13.8 Å². The lowest BCUT2D eigenvalue weighted by Gasteiger charge is -2.24. The van der Waals surface area contributed by atoms with E-state index >= 15 is 0 Å². The summed E-state index contributed by atoms with van der Waals surface area (Å²) in [6.45, 7) is 5.45. The van der Waals surface area contributed by atoms with Crippen molar-refractivity contribution >= 4 is 0 Å². The highest BCUT2D eigenvalue weighted by Crippen LogP contribution is 2.35. The maximum atomic E-state index is 9.35. The lowest BCUT2D eigenvalue weighted by atomic mass is 9.94. The van der Waals surface area contributed by atoms with Crippen molar-refractivity contribution < 1.29 is 14.9 Å². The van der Waals surface area contributed by atoms with Gasteiger partial charge in [-0.25, -0.2) is 0 Å².